The predicted octanol–water partition coefficient (Wildman–Crippen LogP) is 2.92. The minimum Gasteiger partial charge on any atom is -0.444 e. The number of carbonyl (C=O) groups is 1. The summed E-state index contributed by atoms with van der Waals surface area (Å²) in [6.07, 6.45) is -0.369. The average Bonchev–Trinajstić information content (AvgIpc) is 2.30. The van der Waals surface area contributed by atoms with Crippen LogP contribution in [-0.4, -0.2) is 24.8 Å². The third-order valence-electron chi connectivity index (χ3n) is 2.79. The van der Waals surface area contributed by atoms with Crippen molar-refractivity contribution in [3.8, 4) is 0 Å². The zero-order valence-electron chi connectivity index (χ0n) is 13.2. The Morgan fingerprint density at radius 1 is 1.20 bits per heavy atom. The van der Waals surface area contributed by atoms with Gasteiger partial charge in [-0.2, -0.15) is 0 Å². The lowest BCUT2D eigenvalue weighted by atomic mass is 10.1. The molecule has 0 saturated carbocycles. The normalized spacial score (nSPS) is 11.2. The van der Waals surface area contributed by atoms with Gasteiger partial charge in [-0.15, -0.1) is 0 Å². The van der Waals surface area contributed by atoms with Crippen molar-refractivity contribution in [2.45, 2.75) is 46.8 Å². The first-order chi connectivity index (χ1) is 9.28. The van der Waals surface area contributed by atoms with Crippen LogP contribution in [0.1, 0.15) is 37.5 Å². The molecule has 0 aromatic heterocycles. The Bertz CT molecular complexity index is 450. The number of hydrogen-bond acceptors (Lipinski definition) is 3. The molecule has 0 heterocycles. The highest BCUT2D eigenvalue weighted by Crippen LogP contribution is 2.10. The van der Waals surface area contributed by atoms with E-state index in [1.165, 1.54) is 16.7 Å². The van der Waals surface area contributed by atoms with Gasteiger partial charge in [-0.25, -0.2) is 4.79 Å². The summed E-state index contributed by atoms with van der Waals surface area (Å²) in [5, 5.41) is 6.05. The molecule has 1 rings (SSSR count). The highest BCUT2D eigenvalue weighted by Gasteiger charge is 2.15. The Labute approximate surface area is 121 Å². The van der Waals surface area contributed by atoms with Crippen molar-refractivity contribution in [3.05, 3.63) is 34.9 Å². The van der Waals surface area contributed by atoms with Crippen LogP contribution in [-0.2, 0) is 11.3 Å². The Balaban J connectivity index is 2.22. The second-order valence-corrected chi connectivity index (χ2v) is 6.04. The number of alkyl carbamates (subject to hydrolysis) is 1. The summed E-state index contributed by atoms with van der Waals surface area (Å²) in [5.74, 6) is 0. The molecule has 0 unspecified atom stereocenters. The summed E-state index contributed by atoms with van der Waals surface area (Å²) in [6, 6.07) is 6.43. The maximum Gasteiger partial charge on any atom is 0.407 e. The molecule has 1 aromatic carbocycles. The molecular formula is C16H26N2O2. The first-order valence-corrected chi connectivity index (χ1v) is 7.01. The largest absolute Gasteiger partial charge is 0.444 e. The van der Waals surface area contributed by atoms with Gasteiger partial charge in [0.15, 0.2) is 0 Å². The molecule has 0 saturated heterocycles. The monoisotopic (exact) mass is 278 g/mol. The molecule has 20 heavy (non-hydrogen) atoms. The second-order valence-electron chi connectivity index (χ2n) is 6.04. The van der Waals surface area contributed by atoms with Crippen LogP contribution in [0.25, 0.3) is 0 Å². The Morgan fingerprint density at radius 3 is 2.55 bits per heavy atom. The second kappa shape index (κ2) is 7.29. The van der Waals surface area contributed by atoms with Crippen molar-refractivity contribution < 1.29 is 9.53 Å². The van der Waals surface area contributed by atoms with E-state index in [1.54, 1.807) is 0 Å². The minimum absolute atomic E-state index is 0.369. The van der Waals surface area contributed by atoms with Crippen molar-refractivity contribution >= 4 is 6.09 Å². The van der Waals surface area contributed by atoms with Gasteiger partial charge >= 0.3 is 6.09 Å². The Morgan fingerprint density at radius 2 is 1.90 bits per heavy atom. The molecule has 0 aliphatic heterocycles. The van der Waals surface area contributed by atoms with Crippen LogP contribution in [0.4, 0.5) is 4.79 Å². The van der Waals surface area contributed by atoms with Crippen LogP contribution in [0, 0.1) is 13.8 Å². The van der Waals surface area contributed by atoms with E-state index in [1.807, 2.05) is 20.8 Å². The number of carbonyl (C=O) groups excluding carboxylic acids is 1. The summed E-state index contributed by atoms with van der Waals surface area (Å²) in [7, 11) is 0. The van der Waals surface area contributed by atoms with E-state index in [9.17, 15) is 4.79 Å². The summed E-state index contributed by atoms with van der Waals surface area (Å²) in [5.41, 5.74) is 3.39. The number of amides is 1. The Kier molecular flexibility index (Phi) is 6.02. The molecule has 2 N–H and O–H groups in total. The third-order valence-corrected chi connectivity index (χ3v) is 2.79. The lowest BCUT2D eigenvalue weighted by Crippen LogP contribution is -2.36. The maximum absolute atomic E-state index is 11.4. The molecule has 1 amide bonds. The smallest absolute Gasteiger partial charge is 0.407 e. The van der Waals surface area contributed by atoms with Crippen LogP contribution >= 0.6 is 0 Å². The molecule has 0 spiro atoms. The number of aryl methyl sites for hydroxylation is 2. The van der Waals surface area contributed by atoms with Crippen LogP contribution in [0.3, 0.4) is 0 Å². The maximum atomic E-state index is 11.4. The van der Waals surface area contributed by atoms with Gasteiger partial charge in [0.2, 0.25) is 0 Å². The summed E-state index contributed by atoms with van der Waals surface area (Å²) in [4.78, 5) is 11.4. The van der Waals surface area contributed by atoms with Crippen molar-refractivity contribution in [3.63, 3.8) is 0 Å². The molecule has 0 aliphatic carbocycles. The number of hydrogen-bond donors (Lipinski definition) is 2. The SMILES string of the molecule is Cc1ccc(C)c(CNCCNC(=O)OC(C)(C)C)c1. The van der Waals surface area contributed by atoms with Crippen LogP contribution in [0.2, 0.25) is 0 Å². The fraction of sp³-hybridized carbons (Fsp3) is 0.562. The molecule has 1 aromatic rings. The summed E-state index contributed by atoms with van der Waals surface area (Å²) < 4.78 is 5.16. The standard InChI is InChI=1S/C16H26N2O2/c1-12-6-7-13(2)14(10-12)11-17-8-9-18-15(19)20-16(3,4)5/h6-7,10,17H,8-9,11H2,1-5H3,(H,18,19). The lowest BCUT2D eigenvalue weighted by molar-refractivity contribution is 0.0528. The van der Waals surface area contributed by atoms with Gasteiger partial charge in [0, 0.05) is 19.6 Å². The van der Waals surface area contributed by atoms with Gasteiger partial charge < -0.3 is 15.4 Å². The van der Waals surface area contributed by atoms with Gasteiger partial charge in [-0.05, 0) is 45.7 Å². The zero-order chi connectivity index (χ0) is 15.2. The third kappa shape index (κ3) is 6.57. The fourth-order valence-electron chi connectivity index (χ4n) is 1.78. The van der Waals surface area contributed by atoms with E-state index >= 15 is 0 Å². The van der Waals surface area contributed by atoms with E-state index in [-0.39, 0.29) is 6.09 Å². The van der Waals surface area contributed by atoms with Gasteiger partial charge in [0.1, 0.15) is 5.60 Å². The molecule has 0 fully saturated rings. The molecule has 112 valence electrons. The van der Waals surface area contributed by atoms with Crippen LogP contribution in [0.15, 0.2) is 18.2 Å². The average molecular weight is 278 g/mol. The first-order valence-electron chi connectivity index (χ1n) is 7.01. The minimum atomic E-state index is -0.448. The van der Waals surface area contributed by atoms with E-state index in [0.717, 1.165) is 6.54 Å². The van der Waals surface area contributed by atoms with Crippen molar-refractivity contribution in [1.82, 2.24) is 10.6 Å². The van der Waals surface area contributed by atoms with Crippen molar-refractivity contribution in [1.29, 1.82) is 0 Å². The number of ether oxygens (including phenoxy) is 1. The highest BCUT2D eigenvalue weighted by molar-refractivity contribution is 5.67. The van der Waals surface area contributed by atoms with E-state index in [4.69, 9.17) is 4.74 Å². The van der Waals surface area contributed by atoms with Gasteiger partial charge in [-0.3, -0.25) is 0 Å². The van der Waals surface area contributed by atoms with Crippen molar-refractivity contribution in [2.75, 3.05) is 13.1 Å². The van der Waals surface area contributed by atoms with Gasteiger partial charge in [0.25, 0.3) is 0 Å². The van der Waals surface area contributed by atoms with Crippen LogP contribution in [0.5, 0.6) is 0 Å². The highest BCUT2D eigenvalue weighted by atomic mass is 16.6. The van der Waals surface area contributed by atoms with Crippen molar-refractivity contribution in [2.24, 2.45) is 0 Å². The molecule has 4 nitrogen and oxygen atoms in total. The van der Waals surface area contributed by atoms with E-state index in [0.29, 0.717) is 13.1 Å². The molecule has 0 radical (unpaired) electrons. The molecular weight excluding hydrogens is 252 g/mol. The number of benzene rings is 1. The predicted molar refractivity (Wildman–Crippen MR) is 81.9 cm³/mol. The zero-order valence-corrected chi connectivity index (χ0v) is 13.2. The van der Waals surface area contributed by atoms with E-state index in [2.05, 4.69) is 42.7 Å². The summed E-state index contributed by atoms with van der Waals surface area (Å²) in [6.45, 7) is 11.8. The first kappa shape index (κ1) is 16.5. The lowest BCUT2D eigenvalue weighted by Gasteiger charge is -2.19. The Hall–Kier alpha value is -1.55. The van der Waals surface area contributed by atoms with Crippen LogP contribution < -0.4 is 10.6 Å². The quantitative estimate of drug-likeness (QED) is 0.814. The molecule has 0 atom stereocenters. The number of rotatable bonds is 5. The molecule has 4 heteroatoms. The topological polar surface area (TPSA) is 50.4 Å². The fourth-order valence-corrected chi connectivity index (χ4v) is 1.78. The number of nitrogens with one attached hydrogen (secondary N) is 2. The molecule has 0 aliphatic rings. The summed E-state index contributed by atoms with van der Waals surface area (Å²) >= 11 is 0. The van der Waals surface area contributed by atoms with Gasteiger partial charge in [-0.1, -0.05) is 23.8 Å². The van der Waals surface area contributed by atoms with Gasteiger partial charge in [0.05, 0.1) is 0 Å². The molecule has 0 bridgehead atoms. The van der Waals surface area contributed by atoms with E-state index < -0.39 is 5.60 Å².